The minimum absolute atomic E-state index is 0.422. The molecule has 2 atom stereocenters. The monoisotopic (exact) mass is 242 g/mol. The fraction of sp³-hybridized carbons (Fsp3) is 0.455. The van der Waals surface area contributed by atoms with Crippen LogP contribution in [0.25, 0.3) is 0 Å². The van der Waals surface area contributed by atoms with Crippen LogP contribution in [0.15, 0.2) is 28.7 Å². The summed E-state index contributed by atoms with van der Waals surface area (Å²) in [6.07, 6.45) is 1.83. The molecule has 0 bridgehead atoms. The van der Waals surface area contributed by atoms with Crippen LogP contribution in [0.1, 0.15) is 30.7 Å². The Kier molecular flexibility index (Phi) is 2.68. The van der Waals surface area contributed by atoms with Gasteiger partial charge in [-0.2, -0.15) is 0 Å². The largest absolute Gasteiger partial charge is 0.247 e. The van der Waals surface area contributed by atoms with Gasteiger partial charge in [0.1, 0.15) is 6.17 Å². The second-order valence-electron chi connectivity index (χ2n) is 3.63. The predicted octanol–water partition coefficient (Wildman–Crippen LogP) is 4.05. The number of hydrogen-bond acceptors (Lipinski definition) is 0. The lowest BCUT2D eigenvalue weighted by Gasteiger charge is -2.10. The van der Waals surface area contributed by atoms with E-state index >= 15 is 0 Å². The van der Waals surface area contributed by atoms with Gasteiger partial charge in [0.15, 0.2) is 0 Å². The van der Waals surface area contributed by atoms with Gasteiger partial charge in [-0.15, -0.1) is 0 Å². The highest BCUT2D eigenvalue weighted by atomic mass is 79.9. The molecule has 0 heterocycles. The highest BCUT2D eigenvalue weighted by Crippen LogP contribution is 2.38. The van der Waals surface area contributed by atoms with Gasteiger partial charge in [0.2, 0.25) is 0 Å². The molecule has 0 spiro atoms. The SMILES string of the molecule is FC1CCC(c2ccccc2Br)C1. The molecule has 2 unspecified atom stereocenters. The molecule has 0 N–H and O–H groups in total. The quantitative estimate of drug-likeness (QED) is 0.697. The molecule has 0 saturated heterocycles. The van der Waals surface area contributed by atoms with Crippen molar-refractivity contribution in [2.45, 2.75) is 31.4 Å². The van der Waals surface area contributed by atoms with Gasteiger partial charge >= 0.3 is 0 Å². The van der Waals surface area contributed by atoms with Gasteiger partial charge in [-0.1, -0.05) is 34.1 Å². The van der Waals surface area contributed by atoms with E-state index in [1.807, 2.05) is 18.2 Å². The molecule has 0 amide bonds. The number of benzene rings is 1. The van der Waals surface area contributed by atoms with Crippen LogP contribution in [0.2, 0.25) is 0 Å². The topological polar surface area (TPSA) is 0 Å². The molecule has 0 aromatic heterocycles. The van der Waals surface area contributed by atoms with Crippen molar-refractivity contribution in [3.8, 4) is 0 Å². The van der Waals surface area contributed by atoms with Crippen LogP contribution in [0.4, 0.5) is 4.39 Å². The molecule has 1 aromatic rings. The fourth-order valence-electron chi connectivity index (χ4n) is 2.02. The zero-order valence-electron chi connectivity index (χ0n) is 7.34. The van der Waals surface area contributed by atoms with Crippen molar-refractivity contribution in [2.75, 3.05) is 0 Å². The molecule has 0 aliphatic heterocycles. The van der Waals surface area contributed by atoms with E-state index in [0.29, 0.717) is 12.3 Å². The number of halogens is 2. The number of hydrogen-bond donors (Lipinski definition) is 0. The van der Waals surface area contributed by atoms with Crippen molar-refractivity contribution in [1.29, 1.82) is 0 Å². The minimum atomic E-state index is -0.586. The molecule has 2 rings (SSSR count). The maximum Gasteiger partial charge on any atom is 0.101 e. The van der Waals surface area contributed by atoms with Gasteiger partial charge in [0.25, 0.3) is 0 Å². The van der Waals surface area contributed by atoms with E-state index in [2.05, 4.69) is 22.0 Å². The summed E-state index contributed by atoms with van der Waals surface area (Å²) in [6.45, 7) is 0. The van der Waals surface area contributed by atoms with Crippen LogP contribution in [-0.4, -0.2) is 6.17 Å². The van der Waals surface area contributed by atoms with Crippen LogP contribution in [0, 0.1) is 0 Å². The summed E-state index contributed by atoms with van der Waals surface area (Å²) in [5, 5.41) is 0. The zero-order chi connectivity index (χ0) is 9.26. The third-order valence-electron chi connectivity index (χ3n) is 2.71. The molecule has 2 heteroatoms. The first-order valence-corrected chi connectivity index (χ1v) is 5.45. The Hall–Kier alpha value is -0.370. The first-order valence-electron chi connectivity index (χ1n) is 4.66. The van der Waals surface area contributed by atoms with Gasteiger partial charge in [-0.3, -0.25) is 0 Å². The van der Waals surface area contributed by atoms with Crippen LogP contribution >= 0.6 is 15.9 Å². The maximum absolute atomic E-state index is 13.0. The van der Waals surface area contributed by atoms with Gasteiger partial charge < -0.3 is 0 Å². The average molecular weight is 243 g/mol. The van der Waals surface area contributed by atoms with Crippen molar-refractivity contribution in [2.24, 2.45) is 0 Å². The van der Waals surface area contributed by atoms with E-state index in [1.165, 1.54) is 5.56 Å². The predicted molar refractivity (Wildman–Crippen MR) is 55.6 cm³/mol. The van der Waals surface area contributed by atoms with Crippen LogP contribution in [0.5, 0.6) is 0 Å². The first kappa shape index (κ1) is 9.20. The smallest absolute Gasteiger partial charge is 0.101 e. The van der Waals surface area contributed by atoms with Crippen molar-refractivity contribution < 1.29 is 4.39 Å². The Morgan fingerprint density at radius 3 is 2.62 bits per heavy atom. The zero-order valence-corrected chi connectivity index (χ0v) is 8.93. The molecule has 1 saturated carbocycles. The third kappa shape index (κ3) is 1.93. The summed E-state index contributed by atoms with van der Waals surface area (Å²) in [6, 6.07) is 8.13. The molecule has 70 valence electrons. The van der Waals surface area contributed by atoms with E-state index < -0.39 is 6.17 Å². The Morgan fingerprint density at radius 1 is 1.23 bits per heavy atom. The van der Waals surface area contributed by atoms with E-state index in [0.717, 1.165) is 17.3 Å². The molecular weight excluding hydrogens is 231 g/mol. The Balaban J connectivity index is 2.21. The van der Waals surface area contributed by atoms with E-state index in [4.69, 9.17) is 0 Å². The lowest BCUT2D eigenvalue weighted by Crippen LogP contribution is -1.95. The molecule has 1 aliphatic rings. The first-order chi connectivity index (χ1) is 6.27. The summed E-state index contributed by atoms with van der Waals surface area (Å²) in [5.41, 5.74) is 1.27. The average Bonchev–Trinajstić information content (AvgIpc) is 2.53. The summed E-state index contributed by atoms with van der Waals surface area (Å²) in [5.74, 6) is 0.422. The van der Waals surface area contributed by atoms with E-state index in [1.54, 1.807) is 0 Å². The van der Waals surface area contributed by atoms with Crippen LogP contribution in [-0.2, 0) is 0 Å². The van der Waals surface area contributed by atoms with E-state index in [9.17, 15) is 4.39 Å². The van der Waals surface area contributed by atoms with Gasteiger partial charge in [-0.25, -0.2) is 4.39 Å². The van der Waals surface area contributed by atoms with Gasteiger partial charge in [0, 0.05) is 4.47 Å². The highest BCUT2D eigenvalue weighted by molar-refractivity contribution is 9.10. The lowest BCUT2D eigenvalue weighted by atomic mass is 9.98. The van der Waals surface area contributed by atoms with E-state index in [-0.39, 0.29) is 0 Å². The summed E-state index contributed by atoms with van der Waals surface area (Å²) in [7, 11) is 0. The second-order valence-corrected chi connectivity index (χ2v) is 4.48. The highest BCUT2D eigenvalue weighted by Gasteiger charge is 2.26. The Bertz CT molecular complexity index is 298. The molecule has 13 heavy (non-hydrogen) atoms. The molecule has 0 nitrogen and oxygen atoms in total. The Labute approximate surface area is 86.3 Å². The molecule has 1 aromatic carbocycles. The number of rotatable bonds is 1. The van der Waals surface area contributed by atoms with Gasteiger partial charge in [-0.05, 0) is 36.8 Å². The summed E-state index contributed by atoms with van der Waals surface area (Å²) < 4.78 is 14.1. The Morgan fingerprint density at radius 2 is 2.00 bits per heavy atom. The van der Waals surface area contributed by atoms with Crippen molar-refractivity contribution in [1.82, 2.24) is 0 Å². The standard InChI is InChI=1S/C11H12BrF/c12-11-4-2-1-3-10(11)8-5-6-9(13)7-8/h1-4,8-9H,5-7H2. The van der Waals surface area contributed by atoms with Crippen molar-refractivity contribution >= 4 is 15.9 Å². The maximum atomic E-state index is 13.0. The summed E-state index contributed by atoms with van der Waals surface area (Å²) in [4.78, 5) is 0. The molecule has 1 aliphatic carbocycles. The van der Waals surface area contributed by atoms with Crippen LogP contribution < -0.4 is 0 Å². The van der Waals surface area contributed by atoms with Gasteiger partial charge in [0.05, 0.1) is 0 Å². The lowest BCUT2D eigenvalue weighted by molar-refractivity contribution is 0.339. The van der Waals surface area contributed by atoms with Crippen LogP contribution in [0.3, 0.4) is 0 Å². The fourth-order valence-corrected chi connectivity index (χ4v) is 2.62. The molecule has 1 fully saturated rings. The third-order valence-corrected chi connectivity index (χ3v) is 3.44. The van der Waals surface area contributed by atoms with Crippen molar-refractivity contribution in [3.05, 3.63) is 34.3 Å². The molecular formula is C11H12BrF. The van der Waals surface area contributed by atoms with Crippen molar-refractivity contribution in [3.63, 3.8) is 0 Å². The second kappa shape index (κ2) is 3.79. The summed E-state index contributed by atoms with van der Waals surface area (Å²) >= 11 is 3.50. The number of alkyl halides is 1. The molecule has 0 radical (unpaired) electrons. The normalized spacial score (nSPS) is 27.8. The minimum Gasteiger partial charge on any atom is -0.247 e.